The van der Waals surface area contributed by atoms with Crippen LogP contribution in [0.1, 0.15) is 16.1 Å². The Morgan fingerprint density at radius 1 is 1.19 bits per heavy atom. The maximum atomic E-state index is 12.8. The van der Waals surface area contributed by atoms with Crippen LogP contribution in [0, 0.1) is 6.92 Å². The highest BCUT2D eigenvalue weighted by atomic mass is 16.5. The minimum atomic E-state index is -0.616. The molecule has 0 bridgehead atoms. The lowest BCUT2D eigenvalue weighted by Gasteiger charge is -2.43. The lowest BCUT2D eigenvalue weighted by molar-refractivity contribution is -0.124. The summed E-state index contributed by atoms with van der Waals surface area (Å²) in [5, 5.41) is 3.71. The second-order valence-electron chi connectivity index (χ2n) is 6.58. The van der Waals surface area contributed by atoms with Crippen LogP contribution < -0.4 is 4.90 Å². The minimum Gasteiger partial charge on any atom is -0.376 e. The van der Waals surface area contributed by atoms with Gasteiger partial charge in [-0.15, -0.1) is 0 Å². The monoisotopic (exact) mass is 359 g/mol. The van der Waals surface area contributed by atoms with Crippen LogP contribution in [0.3, 0.4) is 0 Å². The van der Waals surface area contributed by atoms with E-state index < -0.39 is 5.60 Å². The molecule has 0 unspecified atom stereocenters. The SMILES string of the molecule is Cc1oncc1C(=O)N1CCO[C@@]2(COCCN(c3ncccn3)C2)C1. The zero-order valence-electron chi connectivity index (χ0n) is 14.6. The molecular weight excluding hydrogens is 338 g/mol. The van der Waals surface area contributed by atoms with Crippen LogP contribution in [0.4, 0.5) is 5.95 Å². The van der Waals surface area contributed by atoms with Crippen molar-refractivity contribution >= 4 is 11.9 Å². The van der Waals surface area contributed by atoms with Gasteiger partial charge in [0.2, 0.25) is 5.95 Å². The third-order valence-electron chi connectivity index (χ3n) is 4.70. The summed E-state index contributed by atoms with van der Waals surface area (Å²) in [7, 11) is 0. The average molecular weight is 359 g/mol. The van der Waals surface area contributed by atoms with Crippen LogP contribution in [0.5, 0.6) is 0 Å². The van der Waals surface area contributed by atoms with Crippen molar-refractivity contribution in [2.75, 3.05) is 50.9 Å². The smallest absolute Gasteiger partial charge is 0.259 e. The Balaban J connectivity index is 1.54. The van der Waals surface area contributed by atoms with Gasteiger partial charge in [0.25, 0.3) is 5.91 Å². The standard InChI is InChI=1S/C17H21N5O4/c1-13-14(9-20-26-13)15(23)21-6-8-25-17(10-21)11-22(5-7-24-12-17)16-18-3-2-4-19-16/h2-4,9H,5-8,10-12H2,1H3/t17-/m0/s1. The molecule has 0 aliphatic carbocycles. The van der Waals surface area contributed by atoms with Gasteiger partial charge in [-0.3, -0.25) is 4.79 Å². The average Bonchev–Trinajstić information content (AvgIpc) is 3.00. The van der Waals surface area contributed by atoms with E-state index in [1.807, 2.05) is 4.90 Å². The summed E-state index contributed by atoms with van der Waals surface area (Å²) in [6.45, 7) is 5.34. The molecule has 2 aromatic heterocycles. The van der Waals surface area contributed by atoms with E-state index in [1.54, 1.807) is 30.3 Å². The molecule has 4 rings (SSSR count). The number of rotatable bonds is 2. The highest BCUT2D eigenvalue weighted by Crippen LogP contribution is 2.25. The van der Waals surface area contributed by atoms with Crippen molar-refractivity contribution in [1.82, 2.24) is 20.0 Å². The fourth-order valence-corrected chi connectivity index (χ4v) is 3.41. The number of amides is 1. The van der Waals surface area contributed by atoms with Crippen molar-refractivity contribution in [3.05, 3.63) is 36.0 Å². The first kappa shape index (κ1) is 16.9. The van der Waals surface area contributed by atoms with Gasteiger partial charge in [-0.25, -0.2) is 9.97 Å². The molecule has 9 nitrogen and oxygen atoms in total. The third kappa shape index (κ3) is 3.27. The fourth-order valence-electron chi connectivity index (χ4n) is 3.41. The van der Waals surface area contributed by atoms with E-state index in [0.717, 1.165) is 0 Å². The van der Waals surface area contributed by atoms with Gasteiger partial charge in [-0.1, -0.05) is 5.16 Å². The zero-order valence-corrected chi connectivity index (χ0v) is 14.6. The van der Waals surface area contributed by atoms with Gasteiger partial charge in [0.1, 0.15) is 16.9 Å². The molecule has 2 aromatic rings. The van der Waals surface area contributed by atoms with Gasteiger partial charge < -0.3 is 23.8 Å². The summed E-state index contributed by atoms with van der Waals surface area (Å²) in [6.07, 6.45) is 4.90. The van der Waals surface area contributed by atoms with E-state index in [1.165, 1.54) is 6.20 Å². The van der Waals surface area contributed by atoms with Gasteiger partial charge in [0, 0.05) is 25.5 Å². The summed E-state index contributed by atoms with van der Waals surface area (Å²) in [5.74, 6) is 1.06. The topological polar surface area (TPSA) is 93.8 Å². The van der Waals surface area contributed by atoms with Crippen molar-refractivity contribution in [3.63, 3.8) is 0 Å². The molecule has 0 N–H and O–H groups in total. The van der Waals surface area contributed by atoms with Gasteiger partial charge >= 0.3 is 0 Å². The Labute approximate surface area is 150 Å². The molecule has 0 radical (unpaired) electrons. The van der Waals surface area contributed by atoms with Crippen molar-refractivity contribution in [3.8, 4) is 0 Å². The third-order valence-corrected chi connectivity index (χ3v) is 4.70. The first-order valence-electron chi connectivity index (χ1n) is 8.61. The molecule has 9 heteroatoms. The van der Waals surface area contributed by atoms with Crippen molar-refractivity contribution < 1.29 is 18.8 Å². The Kier molecular flexibility index (Phi) is 4.56. The maximum absolute atomic E-state index is 12.8. The molecule has 0 aromatic carbocycles. The van der Waals surface area contributed by atoms with Crippen LogP contribution in [0.15, 0.2) is 29.2 Å². The molecule has 2 fully saturated rings. The molecule has 1 atom stereocenters. The molecule has 1 amide bonds. The van der Waals surface area contributed by atoms with Crippen molar-refractivity contribution in [1.29, 1.82) is 0 Å². The molecule has 138 valence electrons. The molecule has 1 spiro atoms. The Morgan fingerprint density at radius 3 is 2.81 bits per heavy atom. The molecule has 2 aliphatic rings. The molecule has 2 aliphatic heterocycles. The van der Waals surface area contributed by atoms with Crippen molar-refractivity contribution in [2.45, 2.75) is 12.5 Å². The number of nitrogens with zero attached hydrogens (tertiary/aromatic N) is 5. The van der Waals surface area contributed by atoms with Gasteiger partial charge in [0.05, 0.1) is 39.1 Å². The summed E-state index contributed by atoms with van der Waals surface area (Å²) >= 11 is 0. The molecule has 0 saturated carbocycles. The van der Waals surface area contributed by atoms with Crippen molar-refractivity contribution in [2.24, 2.45) is 0 Å². The summed E-state index contributed by atoms with van der Waals surface area (Å²) in [6, 6.07) is 1.78. The summed E-state index contributed by atoms with van der Waals surface area (Å²) in [5.41, 5.74) is -0.130. The number of aryl methyl sites for hydroxylation is 1. The van der Waals surface area contributed by atoms with Crippen LogP contribution in [-0.2, 0) is 9.47 Å². The van der Waals surface area contributed by atoms with Crippen LogP contribution in [-0.4, -0.2) is 77.5 Å². The first-order valence-corrected chi connectivity index (χ1v) is 8.61. The highest BCUT2D eigenvalue weighted by Gasteiger charge is 2.42. The number of carbonyl (C=O) groups is 1. The second-order valence-corrected chi connectivity index (χ2v) is 6.58. The van der Waals surface area contributed by atoms with E-state index in [9.17, 15) is 4.79 Å². The van der Waals surface area contributed by atoms with E-state index in [4.69, 9.17) is 14.0 Å². The Hall–Kier alpha value is -2.52. The van der Waals surface area contributed by atoms with E-state index in [0.29, 0.717) is 63.3 Å². The molecular formula is C17H21N5O4. The van der Waals surface area contributed by atoms with Crippen LogP contribution >= 0.6 is 0 Å². The largest absolute Gasteiger partial charge is 0.376 e. The number of aromatic nitrogens is 3. The minimum absolute atomic E-state index is 0.0989. The number of carbonyl (C=O) groups excluding carboxylic acids is 1. The van der Waals surface area contributed by atoms with Crippen LogP contribution in [0.25, 0.3) is 0 Å². The summed E-state index contributed by atoms with van der Waals surface area (Å²) in [4.78, 5) is 25.3. The number of anilines is 1. The van der Waals surface area contributed by atoms with E-state index in [2.05, 4.69) is 15.1 Å². The predicted molar refractivity (Wildman–Crippen MR) is 90.9 cm³/mol. The highest BCUT2D eigenvalue weighted by molar-refractivity contribution is 5.94. The molecule has 2 saturated heterocycles. The van der Waals surface area contributed by atoms with Crippen LogP contribution in [0.2, 0.25) is 0 Å². The lowest BCUT2D eigenvalue weighted by atomic mass is 10.0. The number of ether oxygens (including phenoxy) is 2. The fraction of sp³-hybridized carbons (Fsp3) is 0.529. The van der Waals surface area contributed by atoms with Gasteiger partial charge in [-0.05, 0) is 13.0 Å². The number of morpholine rings is 1. The summed E-state index contributed by atoms with van der Waals surface area (Å²) < 4.78 is 16.9. The van der Waals surface area contributed by atoms with Gasteiger partial charge in [0.15, 0.2) is 0 Å². The quantitative estimate of drug-likeness (QED) is 0.766. The molecule has 26 heavy (non-hydrogen) atoms. The molecule has 4 heterocycles. The normalized spacial score (nSPS) is 23.9. The maximum Gasteiger partial charge on any atom is 0.259 e. The number of hydrogen-bond acceptors (Lipinski definition) is 8. The van der Waals surface area contributed by atoms with E-state index >= 15 is 0 Å². The Bertz CT molecular complexity index is 768. The Morgan fingerprint density at radius 2 is 2.04 bits per heavy atom. The first-order chi connectivity index (χ1) is 12.7. The van der Waals surface area contributed by atoms with Gasteiger partial charge in [-0.2, -0.15) is 0 Å². The second kappa shape index (κ2) is 7.00. The van der Waals surface area contributed by atoms with E-state index in [-0.39, 0.29) is 5.91 Å². The lowest BCUT2D eigenvalue weighted by Crippen LogP contribution is -2.60. The number of hydrogen-bond donors (Lipinski definition) is 0. The zero-order chi connectivity index (χ0) is 18.0. The predicted octanol–water partition coefficient (Wildman–Crippen LogP) is 0.521.